The number of aromatic nitrogens is 5. The van der Waals surface area contributed by atoms with E-state index in [1.54, 1.807) is 18.8 Å². The summed E-state index contributed by atoms with van der Waals surface area (Å²) in [6, 6.07) is 11.1. The molecule has 1 N–H and O–H groups in total. The summed E-state index contributed by atoms with van der Waals surface area (Å²) in [4.78, 5) is 14.3. The van der Waals surface area contributed by atoms with E-state index in [0.717, 1.165) is 17.7 Å². The van der Waals surface area contributed by atoms with Crippen LogP contribution in [-0.2, 0) is 11.8 Å². The second kappa shape index (κ2) is 7.98. The van der Waals surface area contributed by atoms with E-state index in [-0.39, 0.29) is 11.9 Å². The van der Waals surface area contributed by atoms with E-state index >= 15 is 0 Å². The predicted octanol–water partition coefficient (Wildman–Crippen LogP) is 2.61. The topological polar surface area (TPSA) is 77.6 Å². The van der Waals surface area contributed by atoms with Gasteiger partial charge in [-0.3, -0.25) is 4.79 Å². The Morgan fingerprint density at radius 1 is 1.24 bits per heavy atom. The van der Waals surface area contributed by atoms with Crippen LogP contribution in [0.5, 0.6) is 0 Å². The molecular formula is C17H20N6OS. The molecule has 0 aliphatic carbocycles. The highest BCUT2D eigenvalue weighted by Gasteiger charge is 2.21. The lowest BCUT2D eigenvalue weighted by Gasteiger charge is -2.19. The van der Waals surface area contributed by atoms with Crippen LogP contribution >= 0.6 is 11.8 Å². The second-order valence-electron chi connectivity index (χ2n) is 5.56. The predicted molar refractivity (Wildman–Crippen MR) is 99.3 cm³/mol. The number of para-hydroxylation sites is 1. The number of tetrazole rings is 1. The van der Waals surface area contributed by atoms with Gasteiger partial charge in [0, 0.05) is 18.0 Å². The quantitative estimate of drug-likeness (QED) is 0.704. The molecule has 0 fully saturated rings. The zero-order chi connectivity index (χ0) is 17.6. The van der Waals surface area contributed by atoms with E-state index in [4.69, 9.17) is 0 Å². The van der Waals surface area contributed by atoms with Crippen molar-refractivity contribution in [1.82, 2.24) is 24.8 Å². The van der Waals surface area contributed by atoms with Gasteiger partial charge in [-0.15, -0.1) is 10.2 Å². The Kier molecular flexibility index (Phi) is 5.49. The molecule has 2 heterocycles. The van der Waals surface area contributed by atoms with Crippen LogP contribution in [0.1, 0.15) is 12.5 Å². The molecule has 0 bridgehead atoms. The lowest BCUT2D eigenvalue weighted by Crippen LogP contribution is -2.26. The van der Waals surface area contributed by atoms with E-state index in [2.05, 4.69) is 20.7 Å². The van der Waals surface area contributed by atoms with Gasteiger partial charge in [0.2, 0.25) is 11.7 Å². The fourth-order valence-electron chi connectivity index (χ4n) is 2.60. The van der Waals surface area contributed by atoms with Crippen molar-refractivity contribution in [3.63, 3.8) is 0 Å². The van der Waals surface area contributed by atoms with Crippen LogP contribution in [0.3, 0.4) is 0 Å². The van der Waals surface area contributed by atoms with Crippen molar-refractivity contribution in [2.75, 3.05) is 17.3 Å². The van der Waals surface area contributed by atoms with Crippen molar-refractivity contribution < 1.29 is 4.79 Å². The molecule has 0 saturated heterocycles. The number of benzene rings is 1. The van der Waals surface area contributed by atoms with Crippen molar-refractivity contribution in [3.8, 4) is 11.4 Å². The molecular weight excluding hydrogens is 336 g/mol. The summed E-state index contributed by atoms with van der Waals surface area (Å²) >= 11 is 1.73. The van der Waals surface area contributed by atoms with Gasteiger partial charge in [-0.1, -0.05) is 12.1 Å². The zero-order valence-corrected chi connectivity index (χ0v) is 15.0. The summed E-state index contributed by atoms with van der Waals surface area (Å²) in [5.74, 6) is 1.34. The maximum atomic E-state index is 12.9. The number of hydrogen-bond donors (Lipinski definition) is 1. The van der Waals surface area contributed by atoms with Gasteiger partial charge >= 0.3 is 0 Å². The van der Waals surface area contributed by atoms with Crippen LogP contribution in [0.15, 0.2) is 48.8 Å². The molecule has 1 aromatic carbocycles. The highest BCUT2D eigenvalue weighted by molar-refractivity contribution is 7.98. The molecule has 1 unspecified atom stereocenters. The van der Waals surface area contributed by atoms with Gasteiger partial charge < -0.3 is 9.88 Å². The van der Waals surface area contributed by atoms with E-state index in [0.29, 0.717) is 11.5 Å². The van der Waals surface area contributed by atoms with Crippen LogP contribution in [-0.4, -0.2) is 42.7 Å². The molecule has 2 aromatic heterocycles. The van der Waals surface area contributed by atoms with Gasteiger partial charge in [-0.2, -0.15) is 16.6 Å². The minimum absolute atomic E-state index is 0.0541. The lowest BCUT2D eigenvalue weighted by molar-refractivity contribution is -0.119. The van der Waals surface area contributed by atoms with E-state index in [1.807, 2.05) is 59.6 Å². The second-order valence-corrected chi connectivity index (χ2v) is 6.55. The average molecular weight is 356 g/mol. The summed E-state index contributed by atoms with van der Waals surface area (Å²) in [6.07, 6.45) is 6.63. The van der Waals surface area contributed by atoms with E-state index in [9.17, 15) is 4.79 Å². The first-order valence-electron chi connectivity index (χ1n) is 7.94. The number of carbonyl (C=O) groups is 1. The average Bonchev–Trinajstić information content (AvgIpc) is 3.28. The summed E-state index contributed by atoms with van der Waals surface area (Å²) in [7, 11) is 1.71. The number of amides is 1. The molecule has 3 aromatic rings. The minimum Gasteiger partial charge on any atom is -0.342 e. The maximum Gasteiger partial charge on any atom is 0.247 e. The Morgan fingerprint density at radius 2 is 2.00 bits per heavy atom. The van der Waals surface area contributed by atoms with Crippen LogP contribution in [0.2, 0.25) is 0 Å². The molecule has 7 nitrogen and oxygen atoms in total. The summed E-state index contributed by atoms with van der Waals surface area (Å²) < 4.78 is 1.94. The van der Waals surface area contributed by atoms with Gasteiger partial charge in [0.1, 0.15) is 6.04 Å². The Bertz CT molecular complexity index is 829. The van der Waals surface area contributed by atoms with Gasteiger partial charge in [-0.25, -0.2) is 0 Å². The molecule has 0 spiro atoms. The van der Waals surface area contributed by atoms with Crippen LogP contribution in [0.25, 0.3) is 11.4 Å². The Hall–Kier alpha value is -2.61. The molecule has 0 radical (unpaired) electrons. The van der Waals surface area contributed by atoms with Crippen molar-refractivity contribution in [3.05, 3.63) is 48.8 Å². The number of nitrogens with zero attached hydrogens (tertiary/aromatic N) is 5. The molecule has 130 valence electrons. The third-order valence-electron chi connectivity index (χ3n) is 3.82. The van der Waals surface area contributed by atoms with E-state index < -0.39 is 0 Å². The molecule has 3 rings (SSSR count). The molecule has 0 saturated carbocycles. The highest BCUT2D eigenvalue weighted by atomic mass is 32.2. The summed E-state index contributed by atoms with van der Waals surface area (Å²) in [5.41, 5.74) is 1.43. The van der Waals surface area contributed by atoms with Gasteiger partial charge in [0.25, 0.3) is 0 Å². The van der Waals surface area contributed by atoms with Crippen LogP contribution in [0, 0.1) is 0 Å². The van der Waals surface area contributed by atoms with Crippen LogP contribution < -0.4 is 5.32 Å². The first kappa shape index (κ1) is 17.2. The monoisotopic (exact) mass is 356 g/mol. The van der Waals surface area contributed by atoms with Crippen molar-refractivity contribution in [2.45, 2.75) is 12.5 Å². The zero-order valence-electron chi connectivity index (χ0n) is 14.2. The minimum atomic E-state index is -0.259. The first-order valence-corrected chi connectivity index (χ1v) is 9.34. The van der Waals surface area contributed by atoms with Gasteiger partial charge in [0.05, 0.1) is 12.7 Å². The third-order valence-corrected chi connectivity index (χ3v) is 4.46. The molecule has 8 heteroatoms. The third kappa shape index (κ3) is 4.08. The SMILES string of the molecule is CSCCC(C(=O)Nc1ccccc1-c1nnn(C)n1)n1cccc1. The number of nitrogens with one attached hydrogen (secondary N) is 1. The lowest BCUT2D eigenvalue weighted by atomic mass is 10.1. The number of anilines is 1. The number of rotatable bonds is 7. The number of carbonyl (C=O) groups excluding carboxylic acids is 1. The Labute approximate surface area is 150 Å². The first-order chi connectivity index (χ1) is 12.2. The van der Waals surface area contributed by atoms with Gasteiger partial charge in [0.15, 0.2) is 0 Å². The highest BCUT2D eigenvalue weighted by Crippen LogP contribution is 2.26. The maximum absolute atomic E-state index is 12.9. The molecule has 0 aliphatic rings. The normalized spacial score (nSPS) is 12.1. The number of thioether (sulfide) groups is 1. The Balaban J connectivity index is 1.84. The van der Waals surface area contributed by atoms with E-state index in [1.165, 1.54) is 4.80 Å². The molecule has 1 atom stereocenters. The van der Waals surface area contributed by atoms with Crippen molar-refractivity contribution in [2.24, 2.45) is 7.05 Å². The summed E-state index contributed by atoms with van der Waals surface area (Å²) in [6.45, 7) is 0. The van der Waals surface area contributed by atoms with Crippen molar-refractivity contribution >= 4 is 23.4 Å². The standard InChI is InChI=1S/C17H20N6OS/c1-22-20-16(19-21-22)13-7-3-4-8-14(13)18-17(24)15(9-12-25-2)23-10-5-6-11-23/h3-8,10-11,15H,9,12H2,1-2H3,(H,18,24). The largest absolute Gasteiger partial charge is 0.342 e. The molecule has 25 heavy (non-hydrogen) atoms. The number of aryl methyl sites for hydroxylation is 1. The smallest absolute Gasteiger partial charge is 0.247 e. The van der Waals surface area contributed by atoms with Gasteiger partial charge in [-0.05, 0) is 47.9 Å². The molecule has 0 aliphatic heterocycles. The number of hydrogen-bond acceptors (Lipinski definition) is 5. The van der Waals surface area contributed by atoms with Crippen molar-refractivity contribution in [1.29, 1.82) is 0 Å². The van der Waals surface area contributed by atoms with Crippen LogP contribution in [0.4, 0.5) is 5.69 Å². The summed E-state index contributed by atoms with van der Waals surface area (Å²) in [5, 5.41) is 15.2. The Morgan fingerprint density at radius 3 is 2.68 bits per heavy atom. The fraction of sp³-hybridized carbons (Fsp3) is 0.294. The molecule has 1 amide bonds. The fourth-order valence-corrected chi connectivity index (χ4v) is 3.05.